The van der Waals surface area contributed by atoms with Gasteiger partial charge < -0.3 is 15.8 Å². The summed E-state index contributed by atoms with van der Waals surface area (Å²) in [5.41, 5.74) is 10.6. The number of benzene rings is 2. The van der Waals surface area contributed by atoms with Crippen LogP contribution in [0.2, 0.25) is 0 Å². The van der Waals surface area contributed by atoms with Gasteiger partial charge in [-0.15, -0.1) is 0 Å². The van der Waals surface area contributed by atoms with Gasteiger partial charge in [0.2, 0.25) is 0 Å². The summed E-state index contributed by atoms with van der Waals surface area (Å²) in [4.78, 5) is 4.35. The van der Waals surface area contributed by atoms with Crippen molar-refractivity contribution < 1.29 is 4.74 Å². The van der Waals surface area contributed by atoms with Gasteiger partial charge in [0, 0.05) is 23.7 Å². The second kappa shape index (κ2) is 5.81. The number of nitrogen functional groups attached to an aromatic ring is 1. The number of hydrogen-bond acceptors (Lipinski definition) is 4. The predicted octanol–water partition coefficient (Wildman–Crippen LogP) is 3.71. The van der Waals surface area contributed by atoms with Gasteiger partial charge in [0.25, 0.3) is 0 Å². The first-order chi connectivity index (χ1) is 10.3. The quantitative estimate of drug-likeness (QED) is 0.764. The molecule has 0 radical (unpaired) electrons. The Bertz CT molecular complexity index is 771. The van der Waals surface area contributed by atoms with Gasteiger partial charge >= 0.3 is 0 Å². The van der Waals surface area contributed by atoms with E-state index in [0.29, 0.717) is 12.3 Å². The molecular weight excluding hydrogens is 262 g/mol. The second-order valence-corrected chi connectivity index (χ2v) is 4.82. The molecule has 3 rings (SSSR count). The van der Waals surface area contributed by atoms with Crippen molar-refractivity contribution in [1.29, 1.82) is 0 Å². The van der Waals surface area contributed by atoms with Crippen molar-refractivity contribution in [1.82, 2.24) is 4.98 Å². The Balaban J connectivity index is 2.08. The standard InChI is InChI=1S/C17H17N3O/c1-21-11-12-6-2-4-8-15(12)20-17-13-7-3-5-9-16(13)19-10-14(17)18/h2-10H,11,18H2,1H3,(H,19,20). The zero-order chi connectivity index (χ0) is 14.7. The summed E-state index contributed by atoms with van der Waals surface area (Å²) in [5.74, 6) is 0. The third-order valence-corrected chi connectivity index (χ3v) is 3.38. The zero-order valence-corrected chi connectivity index (χ0v) is 11.8. The van der Waals surface area contributed by atoms with Gasteiger partial charge in [0.1, 0.15) is 0 Å². The number of nitrogens with two attached hydrogens (primary N) is 1. The maximum atomic E-state index is 6.10. The molecule has 0 aliphatic carbocycles. The van der Waals surface area contributed by atoms with E-state index in [1.165, 1.54) is 0 Å². The van der Waals surface area contributed by atoms with E-state index >= 15 is 0 Å². The van der Waals surface area contributed by atoms with Crippen molar-refractivity contribution in [3.05, 3.63) is 60.3 Å². The number of methoxy groups -OCH3 is 1. The van der Waals surface area contributed by atoms with Crippen LogP contribution in [-0.2, 0) is 11.3 Å². The van der Waals surface area contributed by atoms with E-state index in [2.05, 4.69) is 10.3 Å². The second-order valence-electron chi connectivity index (χ2n) is 4.82. The molecule has 0 saturated heterocycles. The van der Waals surface area contributed by atoms with E-state index in [0.717, 1.165) is 27.8 Å². The molecule has 0 aliphatic heterocycles. The van der Waals surface area contributed by atoms with Crippen molar-refractivity contribution in [2.24, 2.45) is 0 Å². The lowest BCUT2D eigenvalue weighted by Gasteiger charge is -2.15. The van der Waals surface area contributed by atoms with Crippen LogP contribution in [0.4, 0.5) is 17.1 Å². The zero-order valence-electron chi connectivity index (χ0n) is 11.8. The molecule has 0 unspecified atom stereocenters. The minimum atomic E-state index is 0.548. The fraction of sp³-hybridized carbons (Fsp3) is 0.118. The van der Waals surface area contributed by atoms with Crippen LogP contribution in [0, 0.1) is 0 Å². The van der Waals surface area contributed by atoms with Crippen LogP contribution in [0.15, 0.2) is 54.7 Å². The highest BCUT2D eigenvalue weighted by atomic mass is 16.5. The number of pyridine rings is 1. The van der Waals surface area contributed by atoms with Gasteiger partial charge in [-0.1, -0.05) is 36.4 Å². The molecule has 3 aromatic rings. The number of para-hydroxylation sites is 2. The first-order valence-electron chi connectivity index (χ1n) is 6.76. The Labute approximate surface area is 123 Å². The van der Waals surface area contributed by atoms with E-state index in [1.807, 2.05) is 48.5 Å². The van der Waals surface area contributed by atoms with E-state index in [-0.39, 0.29) is 0 Å². The number of hydrogen-bond donors (Lipinski definition) is 2. The minimum Gasteiger partial charge on any atom is -0.396 e. The average Bonchev–Trinajstić information content (AvgIpc) is 2.52. The first kappa shape index (κ1) is 13.4. The van der Waals surface area contributed by atoms with Crippen LogP contribution in [0.25, 0.3) is 10.9 Å². The van der Waals surface area contributed by atoms with Crippen molar-refractivity contribution in [3.63, 3.8) is 0 Å². The molecule has 0 spiro atoms. The van der Waals surface area contributed by atoms with Gasteiger partial charge in [-0.2, -0.15) is 0 Å². The molecule has 3 N–H and O–H groups in total. The maximum Gasteiger partial charge on any atom is 0.0746 e. The largest absolute Gasteiger partial charge is 0.396 e. The maximum absolute atomic E-state index is 6.10. The van der Waals surface area contributed by atoms with Crippen LogP contribution in [0.3, 0.4) is 0 Å². The summed E-state index contributed by atoms with van der Waals surface area (Å²) in [5, 5.41) is 4.43. The molecule has 4 heteroatoms. The number of anilines is 3. The smallest absolute Gasteiger partial charge is 0.0746 e. The van der Waals surface area contributed by atoms with Gasteiger partial charge in [-0.3, -0.25) is 4.98 Å². The third kappa shape index (κ3) is 2.66. The van der Waals surface area contributed by atoms with Gasteiger partial charge in [-0.25, -0.2) is 0 Å². The van der Waals surface area contributed by atoms with E-state index in [4.69, 9.17) is 10.5 Å². The lowest BCUT2D eigenvalue weighted by atomic mass is 10.1. The van der Waals surface area contributed by atoms with E-state index in [9.17, 15) is 0 Å². The number of nitrogens with one attached hydrogen (secondary N) is 1. The van der Waals surface area contributed by atoms with Crippen LogP contribution < -0.4 is 11.1 Å². The monoisotopic (exact) mass is 279 g/mol. The molecule has 1 heterocycles. The Morgan fingerprint density at radius 3 is 2.71 bits per heavy atom. The highest BCUT2D eigenvalue weighted by molar-refractivity contribution is 5.98. The molecule has 0 amide bonds. The van der Waals surface area contributed by atoms with E-state index in [1.54, 1.807) is 13.3 Å². The van der Waals surface area contributed by atoms with Crippen molar-refractivity contribution in [2.45, 2.75) is 6.61 Å². The Morgan fingerprint density at radius 2 is 1.86 bits per heavy atom. The molecule has 106 valence electrons. The lowest BCUT2D eigenvalue weighted by Crippen LogP contribution is -2.01. The number of ether oxygens (including phenoxy) is 1. The fourth-order valence-electron chi connectivity index (χ4n) is 2.35. The number of fused-ring (bicyclic) bond motifs is 1. The first-order valence-corrected chi connectivity index (χ1v) is 6.76. The molecular formula is C17H17N3O. The Morgan fingerprint density at radius 1 is 1.10 bits per heavy atom. The lowest BCUT2D eigenvalue weighted by molar-refractivity contribution is 0.185. The summed E-state index contributed by atoms with van der Waals surface area (Å²) in [6.45, 7) is 0.548. The number of nitrogens with zero attached hydrogens (tertiary/aromatic N) is 1. The van der Waals surface area contributed by atoms with Crippen LogP contribution in [0.5, 0.6) is 0 Å². The van der Waals surface area contributed by atoms with Crippen LogP contribution in [-0.4, -0.2) is 12.1 Å². The normalized spacial score (nSPS) is 10.7. The summed E-state index contributed by atoms with van der Waals surface area (Å²) in [7, 11) is 1.69. The molecule has 0 bridgehead atoms. The molecule has 1 aromatic heterocycles. The van der Waals surface area contributed by atoms with Crippen molar-refractivity contribution >= 4 is 28.0 Å². The SMILES string of the molecule is COCc1ccccc1Nc1c(N)cnc2ccccc12. The summed E-state index contributed by atoms with van der Waals surface area (Å²) in [6, 6.07) is 16.0. The number of rotatable bonds is 4. The highest BCUT2D eigenvalue weighted by Crippen LogP contribution is 2.31. The van der Waals surface area contributed by atoms with Gasteiger partial charge in [-0.05, 0) is 12.1 Å². The summed E-state index contributed by atoms with van der Waals surface area (Å²) in [6.07, 6.45) is 1.68. The average molecular weight is 279 g/mol. The van der Waals surface area contributed by atoms with Crippen LogP contribution >= 0.6 is 0 Å². The minimum absolute atomic E-state index is 0.548. The predicted molar refractivity (Wildman–Crippen MR) is 86.6 cm³/mol. The fourth-order valence-corrected chi connectivity index (χ4v) is 2.35. The van der Waals surface area contributed by atoms with E-state index < -0.39 is 0 Å². The molecule has 4 nitrogen and oxygen atoms in total. The summed E-state index contributed by atoms with van der Waals surface area (Å²) >= 11 is 0. The number of aromatic nitrogens is 1. The molecule has 0 fully saturated rings. The molecule has 0 atom stereocenters. The van der Waals surface area contributed by atoms with Crippen molar-refractivity contribution in [2.75, 3.05) is 18.2 Å². The highest BCUT2D eigenvalue weighted by Gasteiger charge is 2.08. The Kier molecular flexibility index (Phi) is 3.71. The van der Waals surface area contributed by atoms with Crippen molar-refractivity contribution in [3.8, 4) is 0 Å². The molecule has 21 heavy (non-hydrogen) atoms. The molecule has 0 aliphatic rings. The summed E-state index contributed by atoms with van der Waals surface area (Å²) < 4.78 is 5.24. The molecule has 0 saturated carbocycles. The molecule has 2 aromatic carbocycles. The van der Waals surface area contributed by atoms with Gasteiger partial charge in [0.15, 0.2) is 0 Å². The topological polar surface area (TPSA) is 60.2 Å². The third-order valence-electron chi connectivity index (χ3n) is 3.38. The Hall–Kier alpha value is -2.59. The van der Waals surface area contributed by atoms with Crippen LogP contribution in [0.1, 0.15) is 5.56 Å². The van der Waals surface area contributed by atoms with Gasteiger partial charge in [0.05, 0.1) is 29.7 Å².